The van der Waals surface area contributed by atoms with Crippen LogP contribution in [0.1, 0.15) is 16.7 Å². The molecule has 3 aromatic carbocycles. The van der Waals surface area contributed by atoms with E-state index >= 15 is 0 Å². The summed E-state index contributed by atoms with van der Waals surface area (Å²) in [6.07, 6.45) is 0.321. The van der Waals surface area contributed by atoms with Crippen molar-refractivity contribution in [2.75, 3.05) is 12.8 Å². The number of nitrogens with one attached hydrogen (secondary N) is 1. The number of amides is 2. The van der Waals surface area contributed by atoms with E-state index in [9.17, 15) is 19.7 Å². The van der Waals surface area contributed by atoms with Gasteiger partial charge in [0.25, 0.3) is 5.69 Å². The maximum Gasteiger partial charge on any atom is 0.269 e. The van der Waals surface area contributed by atoms with E-state index in [-0.39, 0.29) is 29.8 Å². The van der Waals surface area contributed by atoms with Crippen LogP contribution >= 0.6 is 35.0 Å². The van der Waals surface area contributed by atoms with E-state index in [0.717, 1.165) is 11.1 Å². The van der Waals surface area contributed by atoms with Gasteiger partial charge < -0.3 is 10.2 Å². The summed E-state index contributed by atoms with van der Waals surface area (Å²) in [7, 11) is 1.54. The summed E-state index contributed by atoms with van der Waals surface area (Å²) in [5, 5.41) is 14.4. The third kappa shape index (κ3) is 7.46. The average Bonchev–Trinajstić information content (AvgIpc) is 2.88. The molecule has 0 heterocycles. The zero-order valence-electron chi connectivity index (χ0n) is 19.5. The van der Waals surface area contributed by atoms with E-state index < -0.39 is 11.0 Å². The Labute approximate surface area is 223 Å². The Morgan fingerprint density at radius 3 is 2.19 bits per heavy atom. The van der Waals surface area contributed by atoms with Gasteiger partial charge in [-0.1, -0.05) is 71.7 Å². The van der Waals surface area contributed by atoms with Crippen molar-refractivity contribution < 1.29 is 14.5 Å². The molecule has 0 radical (unpaired) electrons. The summed E-state index contributed by atoms with van der Waals surface area (Å²) >= 11 is 14.2. The Hall–Kier alpha value is -3.07. The number of nitrogens with zero attached hydrogens (tertiary/aromatic N) is 2. The van der Waals surface area contributed by atoms with Crippen molar-refractivity contribution in [2.45, 2.75) is 24.8 Å². The number of thioether (sulfide) groups is 1. The van der Waals surface area contributed by atoms with Gasteiger partial charge in [-0.2, -0.15) is 0 Å². The van der Waals surface area contributed by atoms with Crippen LogP contribution in [0.25, 0.3) is 0 Å². The highest BCUT2D eigenvalue weighted by molar-refractivity contribution is 7.99. The number of carbonyl (C=O) groups excluding carboxylic acids is 2. The first-order valence-corrected chi connectivity index (χ1v) is 13.0. The van der Waals surface area contributed by atoms with Gasteiger partial charge in [-0.25, -0.2) is 0 Å². The first kappa shape index (κ1) is 27.5. The van der Waals surface area contributed by atoms with Gasteiger partial charge in [0.05, 0.1) is 10.7 Å². The number of carbonyl (C=O) groups is 2. The highest BCUT2D eigenvalue weighted by atomic mass is 35.5. The van der Waals surface area contributed by atoms with E-state index in [0.29, 0.717) is 27.8 Å². The molecule has 1 unspecified atom stereocenters. The van der Waals surface area contributed by atoms with Gasteiger partial charge in [-0.05, 0) is 23.3 Å². The zero-order chi connectivity index (χ0) is 26.1. The van der Waals surface area contributed by atoms with Crippen LogP contribution in [0.15, 0.2) is 72.8 Å². The number of nitro benzene ring substituents is 1. The lowest BCUT2D eigenvalue weighted by Gasteiger charge is -2.31. The van der Waals surface area contributed by atoms with Gasteiger partial charge in [0.15, 0.2) is 0 Å². The fraction of sp³-hybridized carbons (Fsp3) is 0.231. The number of hydrogen-bond acceptors (Lipinski definition) is 5. The van der Waals surface area contributed by atoms with Crippen LogP contribution in [0.4, 0.5) is 5.69 Å². The van der Waals surface area contributed by atoms with Crippen molar-refractivity contribution in [1.29, 1.82) is 0 Å². The monoisotopic (exact) mass is 545 g/mol. The van der Waals surface area contributed by atoms with Gasteiger partial charge in [0.2, 0.25) is 11.8 Å². The Bertz CT molecular complexity index is 1190. The molecule has 0 aromatic heterocycles. The van der Waals surface area contributed by atoms with Gasteiger partial charge in [-0.15, -0.1) is 11.8 Å². The fourth-order valence-electron chi connectivity index (χ4n) is 3.63. The SMILES string of the molecule is CNC(=O)C(Cc1ccccc1)N(Cc1c(Cl)cccc1Cl)C(=O)CSCc1ccc([N+](=O)[O-])cc1. The van der Waals surface area contributed by atoms with Crippen LogP contribution in [0.5, 0.6) is 0 Å². The molecule has 0 saturated heterocycles. The van der Waals surface area contributed by atoms with Crippen molar-refractivity contribution in [3.63, 3.8) is 0 Å². The molecule has 0 aliphatic carbocycles. The lowest BCUT2D eigenvalue weighted by molar-refractivity contribution is -0.384. The number of nitro groups is 1. The van der Waals surface area contributed by atoms with Crippen LogP contribution in [0.3, 0.4) is 0 Å². The second-order valence-corrected chi connectivity index (χ2v) is 9.76. The summed E-state index contributed by atoms with van der Waals surface area (Å²) in [5.74, 6) is 0.0351. The third-order valence-electron chi connectivity index (χ3n) is 5.55. The van der Waals surface area contributed by atoms with Crippen molar-refractivity contribution >= 4 is 52.5 Å². The van der Waals surface area contributed by atoms with E-state index in [2.05, 4.69) is 5.32 Å². The van der Waals surface area contributed by atoms with Crippen molar-refractivity contribution in [1.82, 2.24) is 10.2 Å². The highest BCUT2D eigenvalue weighted by Gasteiger charge is 2.30. The van der Waals surface area contributed by atoms with Crippen molar-refractivity contribution in [3.8, 4) is 0 Å². The van der Waals surface area contributed by atoms with Crippen LogP contribution < -0.4 is 5.32 Å². The summed E-state index contributed by atoms with van der Waals surface area (Å²) < 4.78 is 0. The molecule has 0 bridgehead atoms. The van der Waals surface area contributed by atoms with Crippen LogP contribution in [-0.2, 0) is 28.3 Å². The molecular formula is C26H25Cl2N3O4S. The molecule has 7 nitrogen and oxygen atoms in total. The molecule has 1 N–H and O–H groups in total. The summed E-state index contributed by atoms with van der Waals surface area (Å²) in [4.78, 5) is 38.4. The van der Waals surface area contributed by atoms with Gasteiger partial charge in [0, 0.05) is 53.5 Å². The fourth-order valence-corrected chi connectivity index (χ4v) is 5.01. The second-order valence-electron chi connectivity index (χ2n) is 7.96. The molecule has 3 aromatic rings. The minimum Gasteiger partial charge on any atom is -0.357 e. The van der Waals surface area contributed by atoms with Crippen LogP contribution in [0.2, 0.25) is 10.0 Å². The molecule has 10 heteroatoms. The number of non-ortho nitro benzene ring substituents is 1. The number of benzene rings is 3. The van der Waals surface area contributed by atoms with Crippen LogP contribution in [0, 0.1) is 10.1 Å². The predicted molar refractivity (Wildman–Crippen MR) is 144 cm³/mol. The predicted octanol–water partition coefficient (Wildman–Crippen LogP) is 5.52. The normalized spacial score (nSPS) is 11.5. The molecule has 0 aliphatic rings. The Kier molecular flexibility index (Phi) is 10.2. The molecule has 3 rings (SSSR count). The quantitative estimate of drug-likeness (QED) is 0.253. The smallest absolute Gasteiger partial charge is 0.269 e. The Morgan fingerprint density at radius 2 is 1.61 bits per heavy atom. The maximum atomic E-state index is 13.5. The minimum atomic E-state index is -0.780. The van der Waals surface area contributed by atoms with E-state index in [1.165, 1.54) is 35.8 Å². The standard InChI is InChI=1S/C26H25Cl2N3O4S/c1-29-26(33)24(14-18-6-3-2-4-7-18)30(15-21-22(27)8-5-9-23(21)28)25(32)17-36-16-19-10-12-20(13-11-19)31(34)35/h2-13,24H,14-17H2,1H3,(H,29,33). The van der Waals surface area contributed by atoms with Crippen molar-refractivity contribution in [3.05, 3.63) is 110 Å². The molecular weight excluding hydrogens is 521 g/mol. The summed E-state index contributed by atoms with van der Waals surface area (Å²) in [6.45, 7) is 0.0698. The molecule has 188 valence electrons. The molecule has 0 aliphatic heterocycles. The molecule has 2 amide bonds. The maximum absolute atomic E-state index is 13.5. The number of rotatable bonds is 11. The number of likely N-dealkylation sites (N-methyl/N-ethyl adjacent to an activating group) is 1. The van der Waals surface area contributed by atoms with Gasteiger partial charge in [0.1, 0.15) is 6.04 Å². The minimum absolute atomic E-state index is 0.0111. The van der Waals surface area contributed by atoms with E-state index in [1.54, 1.807) is 30.3 Å². The topological polar surface area (TPSA) is 92.6 Å². The average molecular weight is 546 g/mol. The molecule has 1 atom stereocenters. The molecule has 36 heavy (non-hydrogen) atoms. The number of hydrogen-bond donors (Lipinski definition) is 1. The third-order valence-corrected chi connectivity index (χ3v) is 7.25. The van der Waals surface area contributed by atoms with Gasteiger partial charge in [-0.3, -0.25) is 19.7 Å². The van der Waals surface area contributed by atoms with E-state index in [4.69, 9.17) is 23.2 Å². The first-order chi connectivity index (χ1) is 17.3. The molecule has 0 fully saturated rings. The van der Waals surface area contributed by atoms with Crippen LogP contribution in [-0.4, -0.2) is 40.5 Å². The lowest BCUT2D eigenvalue weighted by Crippen LogP contribution is -2.50. The largest absolute Gasteiger partial charge is 0.357 e. The van der Waals surface area contributed by atoms with Gasteiger partial charge >= 0.3 is 0 Å². The highest BCUT2D eigenvalue weighted by Crippen LogP contribution is 2.28. The lowest BCUT2D eigenvalue weighted by atomic mass is 10.0. The summed E-state index contributed by atoms with van der Waals surface area (Å²) in [5.41, 5.74) is 2.34. The van der Waals surface area contributed by atoms with Crippen molar-refractivity contribution in [2.24, 2.45) is 0 Å². The molecule has 0 spiro atoms. The second kappa shape index (κ2) is 13.3. The van der Waals surface area contributed by atoms with E-state index in [1.807, 2.05) is 30.3 Å². The number of halogens is 2. The Morgan fingerprint density at radius 1 is 0.972 bits per heavy atom. The Balaban J connectivity index is 1.82. The first-order valence-electron chi connectivity index (χ1n) is 11.1. The molecule has 0 saturated carbocycles. The summed E-state index contributed by atoms with van der Waals surface area (Å²) in [6, 6.07) is 20.0. The zero-order valence-corrected chi connectivity index (χ0v) is 21.9.